The normalized spacial score (nSPS) is 15.4. The van der Waals surface area contributed by atoms with Crippen LogP contribution >= 0.6 is 0 Å². The second kappa shape index (κ2) is 6.64. The van der Waals surface area contributed by atoms with Crippen molar-refractivity contribution in [1.29, 1.82) is 0 Å². The van der Waals surface area contributed by atoms with E-state index in [2.05, 4.69) is 20.2 Å². The van der Waals surface area contributed by atoms with Crippen LogP contribution in [0.5, 0.6) is 0 Å². The summed E-state index contributed by atoms with van der Waals surface area (Å²) >= 11 is 0. The molecule has 1 fully saturated rings. The van der Waals surface area contributed by atoms with E-state index in [0.717, 1.165) is 31.0 Å². The summed E-state index contributed by atoms with van der Waals surface area (Å²) in [6, 6.07) is 6.64. The lowest BCUT2D eigenvalue weighted by Crippen LogP contribution is -2.36. The van der Waals surface area contributed by atoms with Crippen LogP contribution in [-0.2, 0) is 10.9 Å². The van der Waals surface area contributed by atoms with Gasteiger partial charge in [0.25, 0.3) is 0 Å². The van der Waals surface area contributed by atoms with Gasteiger partial charge in [0.2, 0.25) is 0 Å². The molecule has 3 rings (SSSR count). The van der Waals surface area contributed by atoms with Gasteiger partial charge in [0, 0.05) is 24.8 Å². The number of nitrogens with one attached hydrogen (secondary N) is 1. The van der Waals surface area contributed by atoms with E-state index in [-0.39, 0.29) is 0 Å². The molecule has 2 aromatic rings. The first-order valence-electron chi connectivity index (χ1n) is 7.54. The molecule has 24 heavy (non-hydrogen) atoms. The average Bonchev–Trinajstić information content (AvgIpc) is 2.55. The number of aromatic nitrogens is 2. The van der Waals surface area contributed by atoms with Gasteiger partial charge in [-0.25, -0.2) is 9.97 Å². The van der Waals surface area contributed by atoms with Gasteiger partial charge >= 0.3 is 6.18 Å². The van der Waals surface area contributed by atoms with Gasteiger partial charge in [0.05, 0.1) is 18.8 Å². The largest absolute Gasteiger partial charge is 0.416 e. The quantitative estimate of drug-likeness (QED) is 0.930. The first kappa shape index (κ1) is 16.5. The second-order valence-electron chi connectivity index (χ2n) is 5.46. The van der Waals surface area contributed by atoms with Gasteiger partial charge in [-0.05, 0) is 31.2 Å². The molecule has 1 aliphatic heterocycles. The van der Waals surface area contributed by atoms with E-state index in [4.69, 9.17) is 4.74 Å². The van der Waals surface area contributed by atoms with Crippen molar-refractivity contribution in [2.24, 2.45) is 0 Å². The van der Waals surface area contributed by atoms with Gasteiger partial charge in [-0.3, -0.25) is 0 Å². The molecule has 1 N–H and O–H groups in total. The van der Waals surface area contributed by atoms with Crippen LogP contribution in [0.1, 0.15) is 11.4 Å². The van der Waals surface area contributed by atoms with E-state index in [1.54, 1.807) is 13.0 Å². The Balaban J connectivity index is 1.78. The van der Waals surface area contributed by atoms with Gasteiger partial charge in [-0.2, -0.15) is 13.2 Å². The summed E-state index contributed by atoms with van der Waals surface area (Å²) in [5, 5.41) is 3.03. The van der Waals surface area contributed by atoms with Crippen LogP contribution in [0.4, 0.5) is 30.5 Å². The third kappa shape index (κ3) is 3.94. The minimum atomic E-state index is -4.34. The molecule has 2 heterocycles. The van der Waals surface area contributed by atoms with Gasteiger partial charge in [0.1, 0.15) is 17.5 Å². The summed E-state index contributed by atoms with van der Waals surface area (Å²) < 4.78 is 43.1. The van der Waals surface area contributed by atoms with Gasteiger partial charge < -0.3 is 15.0 Å². The van der Waals surface area contributed by atoms with Gasteiger partial charge in [0.15, 0.2) is 0 Å². The summed E-state index contributed by atoms with van der Waals surface area (Å²) in [6.45, 7) is 4.56. The number of hydrogen-bond acceptors (Lipinski definition) is 5. The Bertz CT molecular complexity index is 697. The maximum absolute atomic E-state index is 12.6. The molecule has 5 nitrogen and oxygen atoms in total. The molecule has 0 radical (unpaired) electrons. The predicted octanol–water partition coefficient (Wildman–Crippen LogP) is 3.38. The zero-order valence-electron chi connectivity index (χ0n) is 13.1. The van der Waals surface area contributed by atoms with Crippen LogP contribution in [0, 0.1) is 6.92 Å². The fraction of sp³-hybridized carbons (Fsp3) is 0.375. The summed E-state index contributed by atoms with van der Waals surface area (Å²) in [5.74, 6) is 1.91. The second-order valence-corrected chi connectivity index (χ2v) is 5.46. The van der Waals surface area contributed by atoms with Crippen LogP contribution in [0.15, 0.2) is 30.3 Å². The van der Waals surface area contributed by atoms with Crippen molar-refractivity contribution in [3.8, 4) is 0 Å². The Morgan fingerprint density at radius 2 is 1.75 bits per heavy atom. The number of ether oxygens (including phenoxy) is 1. The van der Waals surface area contributed by atoms with Crippen LogP contribution in [-0.4, -0.2) is 36.3 Å². The molecule has 0 saturated carbocycles. The Hall–Kier alpha value is -2.35. The van der Waals surface area contributed by atoms with E-state index in [1.165, 1.54) is 12.1 Å². The lowest BCUT2D eigenvalue weighted by Gasteiger charge is -2.28. The van der Waals surface area contributed by atoms with Gasteiger partial charge in [-0.1, -0.05) is 0 Å². The highest BCUT2D eigenvalue weighted by molar-refractivity contribution is 5.60. The van der Waals surface area contributed by atoms with Crippen LogP contribution < -0.4 is 10.2 Å². The molecule has 1 aliphatic rings. The van der Waals surface area contributed by atoms with Crippen LogP contribution in [0.3, 0.4) is 0 Å². The maximum Gasteiger partial charge on any atom is 0.416 e. The zero-order chi connectivity index (χ0) is 17.2. The average molecular weight is 338 g/mol. The van der Waals surface area contributed by atoms with E-state index < -0.39 is 11.7 Å². The number of morpholine rings is 1. The molecule has 0 unspecified atom stereocenters. The molecule has 1 saturated heterocycles. The number of alkyl halides is 3. The number of nitrogens with zero attached hydrogens (tertiary/aromatic N) is 3. The molecule has 128 valence electrons. The first-order chi connectivity index (χ1) is 11.4. The van der Waals surface area contributed by atoms with Crippen molar-refractivity contribution in [3.05, 3.63) is 41.7 Å². The summed E-state index contributed by atoms with van der Waals surface area (Å²) in [6.07, 6.45) is -4.34. The minimum Gasteiger partial charge on any atom is -0.378 e. The van der Waals surface area contributed by atoms with Crippen molar-refractivity contribution in [3.63, 3.8) is 0 Å². The third-order valence-corrected chi connectivity index (χ3v) is 3.64. The van der Waals surface area contributed by atoms with Crippen molar-refractivity contribution < 1.29 is 17.9 Å². The molecule has 0 aliphatic carbocycles. The Labute approximate surface area is 137 Å². The fourth-order valence-corrected chi connectivity index (χ4v) is 2.46. The smallest absolute Gasteiger partial charge is 0.378 e. The summed E-state index contributed by atoms with van der Waals surface area (Å²) in [4.78, 5) is 10.8. The van der Waals surface area contributed by atoms with E-state index in [1.807, 2.05) is 0 Å². The predicted molar refractivity (Wildman–Crippen MR) is 84.5 cm³/mol. The SMILES string of the molecule is Cc1nc(Nc2ccc(C(F)(F)F)cc2)cc(N2CCOCC2)n1. The summed E-state index contributed by atoms with van der Waals surface area (Å²) in [5.41, 5.74) is -0.144. The Morgan fingerprint density at radius 1 is 1.08 bits per heavy atom. The molecule has 0 amide bonds. The standard InChI is InChI=1S/C16H17F3N4O/c1-11-20-14(10-15(21-11)23-6-8-24-9-7-23)22-13-4-2-12(3-5-13)16(17,18)19/h2-5,10H,6-9H2,1H3,(H,20,21,22). The molecular weight excluding hydrogens is 321 g/mol. The lowest BCUT2D eigenvalue weighted by atomic mass is 10.2. The number of hydrogen-bond donors (Lipinski definition) is 1. The molecule has 1 aromatic carbocycles. The molecule has 8 heteroatoms. The molecule has 1 aromatic heterocycles. The molecule has 0 bridgehead atoms. The van der Waals surface area contributed by atoms with Crippen molar-refractivity contribution in [2.45, 2.75) is 13.1 Å². The van der Waals surface area contributed by atoms with E-state index in [9.17, 15) is 13.2 Å². The highest BCUT2D eigenvalue weighted by Crippen LogP contribution is 2.30. The Kier molecular flexibility index (Phi) is 4.57. The minimum absolute atomic E-state index is 0.536. The third-order valence-electron chi connectivity index (χ3n) is 3.64. The lowest BCUT2D eigenvalue weighted by molar-refractivity contribution is -0.137. The zero-order valence-corrected chi connectivity index (χ0v) is 13.1. The number of anilines is 3. The molecule has 0 atom stereocenters. The number of rotatable bonds is 3. The monoisotopic (exact) mass is 338 g/mol. The number of aryl methyl sites for hydroxylation is 1. The maximum atomic E-state index is 12.6. The van der Waals surface area contributed by atoms with Crippen molar-refractivity contribution >= 4 is 17.3 Å². The van der Waals surface area contributed by atoms with E-state index >= 15 is 0 Å². The fourth-order valence-electron chi connectivity index (χ4n) is 2.46. The Morgan fingerprint density at radius 3 is 2.38 bits per heavy atom. The number of halogens is 3. The van der Waals surface area contributed by atoms with Crippen LogP contribution in [0.2, 0.25) is 0 Å². The van der Waals surface area contributed by atoms with E-state index in [0.29, 0.717) is 30.5 Å². The first-order valence-corrected chi connectivity index (χ1v) is 7.54. The highest BCUT2D eigenvalue weighted by Gasteiger charge is 2.29. The van der Waals surface area contributed by atoms with Gasteiger partial charge in [-0.15, -0.1) is 0 Å². The van der Waals surface area contributed by atoms with Crippen molar-refractivity contribution in [2.75, 3.05) is 36.5 Å². The molecular formula is C16H17F3N4O. The topological polar surface area (TPSA) is 50.3 Å². The van der Waals surface area contributed by atoms with Crippen LogP contribution in [0.25, 0.3) is 0 Å². The molecule has 0 spiro atoms. The highest BCUT2D eigenvalue weighted by atomic mass is 19.4. The summed E-state index contributed by atoms with van der Waals surface area (Å²) in [7, 11) is 0. The number of benzene rings is 1. The van der Waals surface area contributed by atoms with Crippen molar-refractivity contribution in [1.82, 2.24) is 9.97 Å².